The maximum atomic E-state index is 13.2. The number of carbonyl (C=O) groups is 2. The van der Waals surface area contributed by atoms with Gasteiger partial charge in [-0.05, 0) is 59.9 Å². The lowest BCUT2D eigenvalue weighted by molar-refractivity contribution is 0.0960. The SMILES string of the molecule is CCN(CC)Cc1cccc(C(=O)Nc2ccsc2C(=O)N/N=C/c2cccc(F)c2)c1. The molecule has 3 aromatic rings. The van der Waals surface area contributed by atoms with Crippen molar-refractivity contribution in [1.29, 1.82) is 0 Å². The summed E-state index contributed by atoms with van der Waals surface area (Å²) in [7, 11) is 0. The molecule has 0 aliphatic carbocycles. The van der Waals surface area contributed by atoms with Crippen LogP contribution in [0.15, 0.2) is 65.1 Å². The molecule has 0 radical (unpaired) electrons. The molecule has 2 N–H and O–H groups in total. The van der Waals surface area contributed by atoms with E-state index in [2.05, 4.69) is 34.6 Å². The van der Waals surface area contributed by atoms with E-state index in [1.165, 1.54) is 29.7 Å². The van der Waals surface area contributed by atoms with Crippen LogP contribution in [0.1, 0.15) is 45.0 Å². The van der Waals surface area contributed by atoms with Crippen LogP contribution < -0.4 is 10.7 Å². The van der Waals surface area contributed by atoms with E-state index in [9.17, 15) is 14.0 Å². The van der Waals surface area contributed by atoms with E-state index in [1.54, 1.807) is 29.6 Å². The van der Waals surface area contributed by atoms with Crippen molar-refractivity contribution < 1.29 is 14.0 Å². The van der Waals surface area contributed by atoms with Crippen LogP contribution in [0.3, 0.4) is 0 Å². The lowest BCUT2D eigenvalue weighted by Gasteiger charge is -2.18. The third-order valence-electron chi connectivity index (χ3n) is 4.84. The van der Waals surface area contributed by atoms with Gasteiger partial charge in [-0.1, -0.05) is 38.1 Å². The molecule has 166 valence electrons. The maximum Gasteiger partial charge on any atom is 0.283 e. The number of benzene rings is 2. The van der Waals surface area contributed by atoms with Crippen molar-refractivity contribution in [3.63, 3.8) is 0 Å². The molecule has 3 rings (SSSR count). The summed E-state index contributed by atoms with van der Waals surface area (Å²) in [5.74, 6) is -1.13. The van der Waals surface area contributed by atoms with Crippen molar-refractivity contribution >= 4 is 35.1 Å². The maximum absolute atomic E-state index is 13.2. The first kappa shape index (κ1) is 23.3. The second-order valence-electron chi connectivity index (χ2n) is 7.03. The predicted molar refractivity (Wildman–Crippen MR) is 127 cm³/mol. The fourth-order valence-corrected chi connectivity index (χ4v) is 3.84. The Morgan fingerprint density at radius 1 is 1.06 bits per heavy atom. The van der Waals surface area contributed by atoms with Gasteiger partial charge in [-0.3, -0.25) is 14.5 Å². The van der Waals surface area contributed by atoms with Gasteiger partial charge in [-0.25, -0.2) is 9.82 Å². The minimum Gasteiger partial charge on any atom is -0.320 e. The summed E-state index contributed by atoms with van der Waals surface area (Å²) < 4.78 is 13.2. The van der Waals surface area contributed by atoms with Gasteiger partial charge in [0.2, 0.25) is 0 Å². The zero-order chi connectivity index (χ0) is 22.9. The quantitative estimate of drug-likeness (QED) is 0.364. The van der Waals surface area contributed by atoms with Crippen LogP contribution in [0.5, 0.6) is 0 Å². The van der Waals surface area contributed by atoms with Crippen molar-refractivity contribution in [3.8, 4) is 0 Å². The summed E-state index contributed by atoms with van der Waals surface area (Å²) >= 11 is 1.19. The van der Waals surface area contributed by atoms with Crippen LogP contribution in [0, 0.1) is 5.82 Å². The van der Waals surface area contributed by atoms with E-state index in [-0.39, 0.29) is 11.7 Å². The minimum atomic E-state index is -0.460. The summed E-state index contributed by atoms with van der Waals surface area (Å²) in [5.41, 5.74) is 4.92. The van der Waals surface area contributed by atoms with Crippen LogP contribution in [0.4, 0.5) is 10.1 Å². The van der Waals surface area contributed by atoms with E-state index < -0.39 is 5.91 Å². The molecule has 0 bridgehead atoms. The molecule has 0 spiro atoms. The molecule has 0 aliphatic rings. The normalized spacial score (nSPS) is 11.1. The Hall–Kier alpha value is -3.36. The molecule has 32 heavy (non-hydrogen) atoms. The highest BCUT2D eigenvalue weighted by atomic mass is 32.1. The van der Waals surface area contributed by atoms with Crippen LogP contribution in [-0.2, 0) is 6.54 Å². The number of thiophene rings is 1. The van der Waals surface area contributed by atoms with Gasteiger partial charge >= 0.3 is 0 Å². The average Bonchev–Trinajstić information content (AvgIpc) is 3.26. The lowest BCUT2D eigenvalue weighted by Crippen LogP contribution is -2.22. The fourth-order valence-electron chi connectivity index (χ4n) is 3.10. The van der Waals surface area contributed by atoms with Crippen molar-refractivity contribution in [2.24, 2.45) is 5.10 Å². The number of carbonyl (C=O) groups excluding carboxylic acids is 2. The highest BCUT2D eigenvalue weighted by Crippen LogP contribution is 2.23. The number of amides is 2. The molecular weight excluding hydrogens is 427 g/mol. The smallest absolute Gasteiger partial charge is 0.283 e. The van der Waals surface area contributed by atoms with Gasteiger partial charge in [0.25, 0.3) is 11.8 Å². The molecular formula is C24H25FN4O2S. The molecule has 0 unspecified atom stereocenters. The number of halogens is 1. The molecule has 2 aromatic carbocycles. The Bertz CT molecular complexity index is 1110. The molecule has 0 atom stereocenters. The Morgan fingerprint density at radius 3 is 2.59 bits per heavy atom. The van der Waals surface area contributed by atoms with Gasteiger partial charge in [-0.2, -0.15) is 5.10 Å². The van der Waals surface area contributed by atoms with E-state index >= 15 is 0 Å². The van der Waals surface area contributed by atoms with E-state index in [0.717, 1.165) is 25.2 Å². The summed E-state index contributed by atoms with van der Waals surface area (Å²) in [4.78, 5) is 27.9. The molecule has 0 aliphatic heterocycles. The molecule has 6 nitrogen and oxygen atoms in total. The number of hydrazone groups is 1. The summed E-state index contributed by atoms with van der Waals surface area (Å²) in [5, 5.41) is 8.40. The molecule has 1 heterocycles. The van der Waals surface area contributed by atoms with Gasteiger partial charge in [-0.15, -0.1) is 11.3 Å². The molecule has 8 heteroatoms. The Labute approximate surface area is 190 Å². The minimum absolute atomic E-state index is 0.290. The monoisotopic (exact) mass is 452 g/mol. The average molecular weight is 453 g/mol. The van der Waals surface area contributed by atoms with E-state index in [4.69, 9.17) is 0 Å². The van der Waals surface area contributed by atoms with Gasteiger partial charge in [0.1, 0.15) is 10.7 Å². The van der Waals surface area contributed by atoms with Crippen molar-refractivity contribution in [2.45, 2.75) is 20.4 Å². The zero-order valence-corrected chi connectivity index (χ0v) is 18.8. The van der Waals surface area contributed by atoms with Gasteiger partial charge in [0.05, 0.1) is 11.9 Å². The molecule has 0 saturated heterocycles. The first-order valence-corrected chi connectivity index (χ1v) is 11.2. The number of anilines is 1. The topological polar surface area (TPSA) is 73.8 Å². The summed E-state index contributed by atoms with van der Waals surface area (Å²) in [6.45, 7) is 6.84. The number of nitrogens with zero attached hydrogens (tertiary/aromatic N) is 2. The van der Waals surface area contributed by atoms with Gasteiger partial charge in [0.15, 0.2) is 0 Å². The van der Waals surface area contributed by atoms with Crippen molar-refractivity contribution in [2.75, 3.05) is 18.4 Å². The Morgan fingerprint density at radius 2 is 1.84 bits per heavy atom. The van der Waals surface area contributed by atoms with Gasteiger partial charge in [0, 0.05) is 12.1 Å². The zero-order valence-electron chi connectivity index (χ0n) is 18.0. The number of nitrogens with one attached hydrogen (secondary N) is 2. The lowest BCUT2D eigenvalue weighted by atomic mass is 10.1. The molecule has 0 fully saturated rings. The van der Waals surface area contributed by atoms with Crippen LogP contribution in [0.25, 0.3) is 0 Å². The van der Waals surface area contributed by atoms with Gasteiger partial charge < -0.3 is 5.32 Å². The highest BCUT2D eigenvalue weighted by molar-refractivity contribution is 7.12. The first-order valence-electron chi connectivity index (χ1n) is 10.3. The van der Waals surface area contributed by atoms with E-state index in [0.29, 0.717) is 21.7 Å². The Kier molecular flexibility index (Phi) is 8.24. The van der Waals surface area contributed by atoms with Crippen LogP contribution >= 0.6 is 11.3 Å². The number of hydrogen-bond acceptors (Lipinski definition) is 5. The van der Waals surface area contributed by atoms with Crippen LogP contribution in [-0.4, -0.2) is 36.0 Å². The van der Waals surface area contributed by atoms with Crippen molar-refractivity contribution in [1.82, 2.24) is 10.3 Å². The first-order chi connectivity index (χ1) is 15.5. The standard InChI is InChI=1S/C24H25FN4O2S/c1-3-29(4-2)16-18-8-5-9-19(13-18)23(30)27-21-11-12-32-22(21)24(31)28-26-15-17-7-6-10-20(25)14-17/h5-15H,3-4,16H2,1-2H3,(H,27,30)(H,28,31)/b26-15+. The second-order valence-corrected chi connectivity index (χ2v) is 7.95. The number of hydrogen-bond donors (Lipinski definition) is 2. The molecule has 2 amide bonds. The van der Waals surface area contributed by atoms with E-state index in [1.807, 2.05) is 18.2 Å². The number of rotatable bonds is 9. The largest absolute Gasteiger partial charge is 0.320 e. The van der Waals surface area contributed by atoms with Crippen molar-refractivity contribution in [3.05, 3.63) is 87.4 Å². The Balaban J connectivity index is 1.65. The third-order valence-corrected chi connectivity index (χ3v) is 5.75. The van der Waals surface area contributed by atoms with Crippen LogP contribution in [0.2, 0.25) is 0 Å². The second kappa shape index (κ2) is 11.3. The molecule has 1 aromatic heterocycles. The highest BCUT2D eigenvalue weighted by Gasteiger charge is 2.16. The molecule has 0 saturated carbocycles. The third kappa shape index (κ3) is 6.32. The summed E-state index contributed by atoms with van der Waals surface area (Å²) in [6, 6.07) is 15.0. The fraction of sp³-hybridized carbons (Fsp3) is 0.208. The summed E-state index contributed by atoms with van der Waals surface area (Å²) in [6.07, 6.45) is 1.36. The predicted octanol–water partition coefficient (Wildman–Crippen LogP) is 4.75.